The van der Waals surface area contributed by atoms with Gasteiger partial charge in [0.1, 0.15) is 0 Å². The molecule has 2 rings (SSSR count). The molecule has 1 unspecified atom stereocenters. The number of primary amides is 1. The van der Waals surface area contributed by atoms with Crippen molar-refractivity contribution in [3.63, 3.8) is 0 Å². The molecule has 0 saturated heterocycles. The van der Waals surface area contributed by atoms with Gasteiger partial charge in [0.2, 0.25) is 5.91 Å². The summed E-state index contributed by atoms with van der Waals surface area (Å²) in [6.07, 6.45) is 0. The summed E-state index contributed by atoms with van der Waals surface area (Å²) in [5, 5.41) is 10.5. The van der Waals surface area contributed by atoms with Gasteiger partial charge in [-0.25, -0.2) is 0 Å². The molecule has 1 aliphatic heterocycles. The Hall–Kier alpha value is -1.55. The van der Waals surface area contributed by atoms with Crippen LogP contribution in [0.2, 0.25) is 0 Å². The zero-order valence-electron chi connectivity index (χ0n) is 6.97. The lowest BCUT2D eigenvalue weighted by Gasteiger charge is -2.08. The predicted molar refractivity (Wildman–Crippen MR) is 47.5 cm³/mol. The second-order valence-corrected chi connectivity index (χ2v) is 3.10. The molecular formula is C9H10N2O2. The maximum atomic E-state index is 11.0. The van der Waals surface area contributed by atoms with Gasteiger partial charge in [0.05, 0.1) is 18.2 Å². The number of rotatable bonds is 1. The van der Waals surface area contributed by atoms with Crippen molar-refractivity contribution in [3.05, 3.63) is 29.8 Å². The van der Waals surface area contributed by atoms with E-state index in [4.69, 9.17) is 5.73 Å². The van der Waals surface area contributed by atoms with Gasteiger partial charge in [-0.05, 0) is 11.6 Å². The van der Waals surface area contributed by atoms with E-state index in [1.165, 1.54) is 0 Å². The van der Waals surface area contributed by atoms with Crippen molar-refractivity contribution in [2.45, 2.75) is 5.92 Å². The number of anilines is 1. The van der Waals surface area contributed by atoms with Crippen LogP contribution in [-0.2, 0) is 4.79 Å². The van der Waals surface area contributed by atoms with E-state index in [1.807, 2.05) is 12.1 Å². The molecule has 0 bridgehead atoms. The minimum Gasteiger partial charge on any atom is -0.369 e. The van der Waals surface area contributed by atoms with E-state index < -0.39 is 5.91 Å². The van der Waals surface area contributed by atoms with E-state index in [9.17, 15) is 10.0 Å². The first kappa shape index (κ1) is 8.07. The number of hydrogen-bond donors (Lipinski definition) is 2. The molecule has 4 heteroatoms. The highest BCUT2D eigenvalue weighted by Gasteiger charge is 2.31. The van der Waals surface area contributed by atoms with Gasteiger partial charge in [-0.15, -0.1) is 0 Å². The first-order valence-corrected chi connectivity index (χ1v) is 4.05. The minimum absolute atomic E-state index is 0.259. The van der Waals surface area contributed by atoms with E-state index in [2.05, 4.69) is 0 Å². The first-order chi connectivity index (χ1) is 6.20. The van der Waals surface area contributed by atoms with Gasteiger partial charge in [-0.3, -0.25) is 15.1 Å². The quantitative estimate of drug-likeness (QED) is 0.656. The maximum absolute atomic E-state index is 11.0. The Morgan fingerprint density at radius 2 is 2.23 bits per heavy atom. The number of carbonyl (C=O) groups is 1. The zero-order chi connectivity index (χ0) is 9.42. The van der Waals surface area contributed by atoms with Crippen LogP contribution in [0.3, 0.4) is 0 Å². The number of nitrogens with zero attached hydrogens (tertiary/aromatic N) is 1. The van der Waals surface area contributed by atoms with Crippen LogP contribution in [0.25, 0.3) is 0 Å². The zero-order valence-corrected chi connectivity index (χ0v) is 6.97. The Morgan fingerprint density at radius 1 is 1.54 bits per heavy atom. The van der Waals surface area contributed by atoms with Crippen LogP contribution in [0, 0.1) is 0 Å². The average Bonchev–Trinajstić information content (AvgIpc) is 2.45. The van der Waals surface area contributed by atoms with Gasteiger partial charge in [-0.1, -0.05) is 18.2 Å². The monoisotopic (exact) mass is 178 g/mol. The van der Waals surface area contributed by atoms with E-state index in [0.29, 0.717) is 5.69 Å². The second kappa shape index (κ2) is 2.74. The Bertz CT molecular complexity index is 351. The highest BCUT2D eigenvalue weighted by atomic mass is 16.5. The number of benzene rings is 1. The molecular weight excluding hydrogens is 168 g/mol. The second-order valence-electron chi connectivity index (χ2n) is 3.10. The average molecular weight is 178 g/mol. The molecule has 0 aliphatic carbocycles. The van der Waals surface area contributed by atoms with Crippen LogP contribution in [0.5, 0.6) is 0 Å². The molecule has 68 valence electrons. The number of para-hydroxylation sites is 1. The summed E-state index contributed by atoms with van der Waals surface area (Å²) in [7, 11) is 0. The number of amides is 1. The normalized spacial score (nSPS) is 20.1. The van der Waals surface area contributed by atoms with Gasteiger partial charge in [-0.2, -0.15) is 0 Å². The maximum Gasteiger partial charge on any atom is 0.226 e. The summed E-state index contributed by atoms with van der Waals surface area (Å²) in [5.41, 5.74) is 6.67. The number of hydrogen-bond acceptors (Lipinski definition) is 3. The molecule has 0 fully saturated rings. The van der Waals surface area contributed by atoms with E-state index in [-0.39, 0.29) is 12.5 Å². The fraction of sp³-hybridized carbons (Fsp3) is 0.222. The van der Waals surface area contributed by atoms with Gasteiger partial charge in [0.25, 0.3) is 0 Å². The Balaban J connectivity index is 2.47. The van der Waals surface area contributed by atoms with Crippen molar-refractivity contribution in [2.75, 3.05) is 11.6 Å². The lowest BCUT2D eigenvalue weighted by molar-refractivity contribution is -0.119. The molecule has 0 aromatic heterocycles. The van der Waals surface area contributed by atoms with Crippen LogP contribution in [0.15, 0.2) is 24.3 Å². The summed E-state index contributed by atoms with van der Waals surface area (Å²) in [4.78, 5) is 11.0. The number of fused-ring (bicyclic) bond motifs is 1. The molecule has 3 N–H and O–H groups in total. The topological polar surface area (TPSA) is 66.6 Å². The van der Waals surface area contributed by atoms with Crippen LogP contribution in [0.1, 0.15) is 11.5 Å². The molecule has 1 atom stereocenters. The van der Waals surface area contributed by atoms with Crippen molar-refractivity contribution in [1.29, 1.82) is 0 Å². The van der Waals surface area contributed by atoms with Crippen LogP contribution < -0.4 is 10.8 Å². The lowest BCUT2D eigenvalue weighted by Crippen LogP contribution is -2.26. The molecule has 0 radical (unpaired) electrons. The van der Waals surface area contributed by atoms with E-state index >= 15 is 0 Å². The van der Waals surface area contributed by atoms with E-state index in [1.54, 1.807) is 12.1 Å². The molecule has 1 aromatic rings. The van der Waals surface area contributed by atoms with Crippen molar-refractivity contribution in [2.24, 2.45) is 5.73 Å². The highest BCUT2D eigenvalue weighted by molar-refractivity contribution is 5.86. The number of nitrogens with two attached hydrogens (primary N) is 1. The number of hydroxylamine groups is 1. The summed E-state index contributed by atoms with van der Waals surface area (Å²) in [6, 6.07) is 7.21. The van der Waals surface area contributed by atoms with Gasteiger partial charge < -0.3 is 5.73 Å². The van der Waals surface area contributed by atoms with Gasteiger partial charge in [0, 0.05) is 0 Å². The summed E-state index contributed by atoms with van der Waals surface area (Å²) in [6.45, 7) is 0.259. The third-order valence-electron chi connectivity index (χ3n) is 2.29. The molecule has 1 heterocycles. The van der Waals surface area contributed by atoms with Gasteiger partial charge in [0.15, 0.2) is 0 Å². The Kier molecular flexibility index (Phi) is 1.70. The molecule has 1 aliphatic rings. The fourth-order valence-electron chi connectivity index (χ4n) is 1.63. The van der Waals surface area contributed by atoms with Gasteiger partial charge >= 0.3 is 0 Å². The van der Waals surface area contributed by atoms with Crippen molar-refractivity contribution in [3.8, 4) is 0 Å². The Morgan fingerprint density at radius 3 is 2.92 bits per heavy atom. The molecule has 13 heavy (non-hydrogen) atoms. The first-order valence-electron chi connectivity index (χ1n) is 4.05. The highest BCUT2D eigenvalue weighted by Crippen LogP contribution is 2.34. The van der Waals surface area contributed by atoms with Crippen molar-refractivity contribution < 1.29 is 10.0 Å². The SMILES string of the molecule is NC(=O)C1CN(O)c2ccccc21. The van der Waals surface area contributed by atoms with E-state index in [0.717, 1.165) is 10.6 Å². The standard InChI is InChI=1S/C9H10N2O2/c10-9(12)7-5-11(13)8-4-2-1-3-6(7)8/h1-4,7,13H,5H2,(H2,10,12). The molecule has 0 spiro atoms. The smallest absolute Gasteiger partial charge is 0.226 e. The van der Waals surface area contributed by atoms with Crippen LogP contribution in [0.4, 0.5) is 5.69 Å². The third kappa shape index (κ3) is 1.15. The molecule has 4 nitrogen and oxygen atoms in total. The van der Waals surface area contributed by atoms with Crippen molar-refractivity contribution in [1.82, 2.24) is 0 Å². The molecule has 1 aromatic carbocycles. The predicted octanol–water partition coefficient (Wildman–Crippen LogP) is 0.465. The number of carbonyl (C=O) groups excluding carboxylic acids is 1. The lowest BCUT2D eigenvalue weighted by atomic mass is 10.0. The molecule has 0 saturated carbocycles. The largest absolute Gasteiger partial charge is 0.369 e. The molecule has 1 amide bonds. The summed E-state index contributed by atoms with van der Waals surface area (Å²) < 4.78 is 0. The third-order valence-corrected chi connectivity index (χ3v) is 2.29. The van der Waals surface area contributed by atoms with Crippen LogP contribution in [-0.4, -0.2) is 17.7 Å². The summed E-state index contributed by atoms with van der Waals surface area (Å²) >= 11 is 0. The summed E-state index contributed by atoms with van der Waals surface area (Å²) in [5.74, 6) is -0.787. The fourth-order valence-corrected chi connectivity index (χ4v) is 1.63. The van der Waals surface area contributed by atoms with Crippen molar-refractivity contribution >= 4 is 11.6 Å². The Labute approximate surface area is 75.5 Å². The minimum atomic E-state index is -0.399. The van der Waals surface area contributed by atoms with Crippen LogP contribution >= 0.6 is 0 Å².